The molecule has 2 heterocycles. The third-order valence-corrected chi connectivity index (χ3v) is 8.00. The molecule has 0 saturated carbocycles. The van der Waals surface area contributed by atoms with Crippen LogP contribution in [0.2, 0.25) is 0 Å². The Kier molecular flexibility index (Phi) is 8.88. The van der Waals surface area contributed by atoms with Gasteiger partial charge in [0.1, 0.15) is 18.4 Å². The van der Waals surface area contributed by atoms with E-state index >= 15 is 0 Å². The van der Waals surface area contributed by atoms with Gasteiger partial charge in [-0.3, -0.25) is 19.8 Å². The first kappa shape index (κ1) is 26.7. The van der Waals surface area contributed by atoms with Gasteiger partial charge in [0.15, 0.2) is 0 Å². The predicted molar refractivity (Wildman–Crippen MR) is 141 cm³/mol. The normalized spacial score (nSPS) is 21.6. The molecule has 2 aromatic carbocycles. The highest BCUT2D eigenvalue weighted by Gasteiger charge is 2.41. The van der Waals surface area contributed by atoms with E-state index in [-0.39, 0.29) is 29.5 Å². The molecule has 2 amide bonds. The van der Waals surface area contributed by atoms with Crippen molar-refractivity contribution in [1.82, 2.24) is 15.1 Å². The number of hydrogen-bond donors (Lipinski definition) is 1. The molecule has 1 N–H and O–H groups in total. The van der Waals surface area contributed by atoms with Gasteiger partial charge in [-0.15, -0.1) is 0 Å². The summed E-state index contributed by atoms with van der Waals surface area (Å²) >= 11 is 1.71. The highest BCUT2D eigenvalue weighted by molar-refractivity contribution is 7.99. The minimum absolute atomic E-state index is 0.0272. The van der Waals surface area contributed by atoms with Crippen LogP contribution in [0.15, 0.2) is 48.5 Å². The summed E-state index contributed by atoms with van der Waals surface area (Å²) in [6, 6.07) is 13.2. The molecule has 2 fully saturated rings. The second-order valence-electron chi connectivity index (χ2n) is 9.42. The minimum atomic E-state index is -0.608. The van der Waals surface area contributed by atoms with Crippen molar-refractivity contribution in [2.24, 2.45) is 0 Å². The fourth-order valence-electron chi connectivity index (χ4n) is 4.60. The molecule has 0 bridgehead atoms. The summed E-state index contributed by atoms with van der Waals surface area (Å²) in [6.45, 7) is 2.09. The lowest BCUT2D eigenvalue weighted by Gasteiger charge is -2.24. The van der Waals surface area contributed by atoms with Gasteiger partial charge in [-0.05, 0) is 61.8 Å². The molecule has 2 aliphatic heterocycles. The van der Waals surface area contributed by atoms with Crippen molar-refractivity contribution in [3.05, 3.63) is 69.8 Å². The lowest BCUT2D eigenvalue weighted by atomic mass is 10.1. The van der Waals surface area contributed by atoms with Crippen LogP contribution >= 0.6 is 11.8 Å². The summed E-state index contributed by atoms with van der Waals surface area (Å²) in [5.41, 5.74) is 1.75. The number of carbonyl (C=O) groups is 2. The van der Waals surface area contributed by atoms with Gasteiger partial charge < -0.3 is 19.7 Å². The number of thioether (sulfide) groups is 1. The van der Waals surface area contributed by atoms with Gasteiger partial charge in [0.25, 0.3) is 5.69 Å². The third-order valence-electron chi connectivity index (χ3n) is 6.69. The Bertz CT molecular complexity index is 1100. The van der Waals surface area contributed by atoms with Crippen molar-refractivity contribution in [3.63, 3.8) is 0 Å². The SMILES string of the molecule is COc1ccc(CS[C@H]2C[C@@H](C(=O)N[C@@H]3CCN(C)C3)N(C(=O)OCc3ccc([N+](=O)[O-])cc3)C2)cc1. The zero-order valence-electron chi connectivity index (χ0n) is 21.0. The summed E-state index contributed by atoms with van der Waals surface area (Å²) < 4.78 is 10.7. The third kappa shape index (κ3) is 7.14. The maximum atomic E-state index is 13.2. The lowest BCUT2D eigenvalue weighted by molar-refractivity contribution is -0.384. The Balaban J connectivity index is 1.38. The van der Waals surface area contributed by atoms with Gasteiger partial charge in [0, 0.05) is 42.3 Å². The Hall–Kier alpha value is -3.31. The van der Waals surface area contributed by atoms with Gasteiger partial charge in [-0.2, -0.15) is 11.8 Å². The number of nitrogens with one attached hydrogen (secondary N) is 1. The van der Waals surface area contributed by atoms with Crippen molar-refractivity contribution in [3.8, 4) is 5.75 Å². The Morgan fingerprint density at radius 3 is 2.43 bits per heavy atom. The molecular weight excluding hydrogens is 496 g/mol. The van der Waals surface area contributed by atoms with Gasteiger partial charge >= 0.3 is 6.09 Å². The maximum Gasteiger partial charge on any atom is 0.410 e. The lowest BCUT2D eigenvalue weighted by Crippen LogP contribution is -2.49. The number of rotatable bonds is 9. The van der Waals surface area contributed by atoms with Crippen LogP contribution in [0, 0.1) is 10.1 Å². The molecule has 0 radical (unpaired) electrons. The van der Waals surface area contributed by atoms with Crippen molar-refractivity contribution in [2.45, 2.75) is 42.5 Å². The quantitative estimate of drug-likeness (QED) is 0.389. The van der Waals surface area contributed by atoms with E-state index in [0.29, 0.717) is 18.5 Å². The topological polar surface area (TPSA) is 114 Å². The number of hydrogen-bond acceptors (Lipinski definition) is 8. The van der Waals surface area contributed by atoms with Crippen LogP contribution in [0.4, 0.5) is 10.5 Å². The molecule has 198 valence electrons. The van der Waals surface area contributed by atoms with E-state index in [1.54, 1.807) is 31.0 Å². The summed E-state index contributed by atoms with van der Waals surface area (Å²) in [5.74, 6) is 1.40. The molecule has 2 aliphatic rings. The molecular formula is C26H32N4O6S. The Labute approximate surface area is 220 Å². The number of likely N-dealkylation sites (N-methyl/N-ethyl adjacent to an activating group) is 1. The molecule has 3 atom stereocenters. The van der Waals surface area contributed by atoms with Crippen molar-refractivity contribution in [2.75, 3.05) is 33.8 Å². The Morgan fingerprint density at radius 2 is 1.81 bits per heavy atom. The van der Waals surface area contributed by atoms with Crippen molar-refractivity contribution >= 4 is 29.4 Å². The number of carbonyl (C=O) groups excluding carboxylic acids is 2. The van der Waals surface area contributed by atoms with E-state index in [1.165, 1.54) is 17.0 Å². The van der Waals surface area contributed by atoms with Gasteiger partial charge in [-0.1, -0.05) is 12.1 Å². The molecule has 0 spiro atoms. The highest BCUT2D eigenvalue weighted by Crippen LogP contribution is 2.31. The zero-order chi connectivity index (χ0) is 26.4. The predicted octanol–water partition coefficient (Wildman–Crippen LogP) is 3.44. The van der Waals surface area contributed by atoms with E-state index in [0.717, 1.165) is 36.6 Å². The molecule has 11 heteroatoms. The summed E-state index contributed by atoms with van der Waals surface area (Å²) in [6.07, 6.45) is 0.867. The van der Waals surface area contributed by atoms with E-state index in [4.69, 9.17) is 9.47 Å². The first-order valence-corrected chi connectivity index (χ1v) is 13.3. The average Bonchev–Trinajstić information content (AvgIpc) is 3.52. The molecule has 37 heavy (non-hydrogen) atoms. The molecule has 2 saturated heterocycles. The van der Waals surface area contributed by atoms with Crippen LogP contribution < -0.4 is 10.1 Å². The number of non-ortho nitro benzene ring substituents is 1. The van der Waals surface area contributed by atoms with Gasteiger partial charge in [0.05, 0.1) is 12.0 Å². The van der Waals surface area contributed by atoms with Crippen LogP contribution in [0.5, 0.6) is 5.75 Å². The zero-order valence-corrected chi connectivity index (χ0v) is 21.8. The summed E-state index contributed by atoms with van der Waals surface area (Å²) in [5, 5.41) is 14.1. The van der Waals surface area contributed by atoms with E-state index in [1.807, 2.05) is 31.3 Å². The van der Waals surface area contributed by atoms with Crippen LogP contribution in [-0.2, 0) is 21.9 Å². The van der Waals surface area contributed by atoms with Crippen LogP contribution in [0.1, 0.15) is 24.0 Å². The second kappa shape index (κ2) is 12.3. The first-order valence-electron chi connectivity index (χ1n) is 12.2. The number of likely N-dealkylation sites (tertiary alicyclic amines) is 2. The smallest absolute Gasteiger partial charge is 0.410 e. The van der Waals surface area contributed by atoms with Gasteiger partial charge in [-0.25, -0.2) is 4.79 Å². The van der Waals surface area contributed by atoms with Crippen molar-refractivity contribution < 1.29 is 24.0 Å². The second-order valence-corrected chi connectivity index (χ2v) is 10.7. The number of benzene rings is 2. The number of nitro groups is 1. The minimum Gasteiger partial charge on any atom is -0.497 e. The maximum absolute atomic E-state index is 13.2. The van der Waals surface area contributed by atoms with Crippen LogP contribution in [-0.4, -0.2) is 77.8 Å². The van der Waals surface area contributed by atoms with Crippen LogP contribution in [0.25, 0.3) is 0 Å². The first-order chi connectivity index (χ1) is 17.8. The Morgan fingerprint density at radius 1 is 1.11 bits per heavy atom. The van der Waals surface area contributed by atoms with Crippen LogP contribution in [0.3, 0.4) is 0 Å². The summed E-state index contributed by atoms with van der Waals surface area (Å²) in [7, 11) is 3.65. The largest absolute Gasteiger partial charge is 0.497 e. The molecule has 0 aliphatic carbocycles. The van der Waals surface area contributed by atoms with E-state index in [2.05, 4.69) is 10.2 Å². The monoisotopic (exact) mass is 528 g/mol. The molecule has 0 unspecified atom stereocenters. The number of nitro benzene ring substituents is 1. The fraction of sp³-hybridized carbons (Fsp3) is 0.462. The number of nitrogens with zero attached hydrogens (tertiary/aromatic N) is 3. The molecule has 10 nitrogen and oxygen atoms in total. The molecule has 2 aromatic rings. The molecule has 0 aromatic heterocycles. The number of amides is 2. The van der Waals surface area contributed by atoms with E-state index in [9.17, 15) is 19.7 Å². The molecule has 4 rings (SSSR count). The number of methoxy groups -OCH3 is 1. The van der Waals surface area contributed by atoms with Gasteiger partial charge in [0.2, 0.25) is 5.91 Å². The fourth-order valence-corrected chi connectivity index (χ4v) is 5.80. The highest BCUT2D eigenvalue weighted by atomic mass is 32.2. The summed E-state index contributed by atoms with van der Waals surface area (Å²) in [4.78, 5) is 40.4. The van der Waals surface area contributed by atoms with E-state index < -0.39 is 17.1 Å². The number of ether oxygens (including phenoxy) is 2. The average molecular weight is 529 g/mol. The van der Waals surface area contributed by atoms with Crippen molar-refractivity contribution in [1.29, 1.82) is 0 Å². The standard InChI is InChI=1S/C26H32N4O6S/c1-28-12-11-20(14-28)27-25(31)24-13-23(37-17-19-5-9-22(35-2)10-6-19)15-29(24)26(32)36-16-18-3-7-21(8-4-18)30(33)34/h3-10,20,23-24H,11-17H2,1-2H3,(H,27,31)/t20-,23+,24+/m1/s1.